The van der Waals surface area contributed by atoms with Crippen molar-refractivity contribution in [2.24, 2.45) is 0 Å². The Morgan fingerprint density at radius 1 is 0.880 bits per heavy atom. The van der Waals surface area contributed by atoms with Crippen LogP contribution in [-0.2, 0) is 0 Å². The number of anilines is 4. The number of nitrogens with zero attached hydrogens (tertiary/aromatic N) is 3. The summed E-state index contributed by atoms with van der Waals surface area (Å²) in [5.41, 5.74) is 5.59. The van der Waals surface area contributed by atoms with Crippen molar-refractivity contribution in [1.29, 1.82) is 0 Å². The number of aryl methyl sites for hydroxylation is 2. The monoisotopic (exact) mass is 333 g/mol. The summed E-state index contributed by atoms with van der Waals surface area (Å²) in [6.45, 7) is 8.47. The number of benzene rings is 2. The van der Waals surface area contributed by atoms with Crippen molar-refractivity contribution in [3.63, 3.8) is 0 Å². The molecule has 0 aliphatic rings. The molecule has 3 rings (SSSR count). The van der Waals surface area contributed by atoms with Crippen LogP contribution in [0.25, 0.3) is 0 Å². The van der Waals surface area contributed by atoms with Gasteiger partial charge in [-0.15, -0.1) is 5.10 Å². The molecule has 0 aliphatic heterocycles. The Hall–Kier alpha value is -2.95. The van der Waals surface area contributed by atoms with Crippen LogP contribution in [0.1, 0.15) is 36.5 Å². The van der Waals surface area contributed by atoms with E-state index in [0.29, 0.717) is 17.7 Å². The van der Waals surface area contributed by atoms with Crippen LogP contribution < -0.4 is 10.6 Å². The van der Waals surface area contributed by atoms with Crippen molar-refractivity contribution in [1.82, 2.24) is 15.2 Å². The molecule has 5 nitrogen and oxygen atoms in total. The highest BCUT2D eigenvalue weighted by molar-refractivity contribution is 5.65. The third-order valence-corrected chi connectivity index (χ3v) is 4.12. The van der Waals surface area contributed by atoms with Crippen molar-refractivity contribution < 1.29 is 0 Å². The molecular formula is C20H23N5. The van der Waals surface area contributed by atoms with Gasteiger partial charge in [0.05, 0.1) is 6.20 Å². The lowest BCUT2D eigenvalue weighted by Gasteiger charge is -2.15. The molecule has 25 heavy (non-hydrogen) atoms. The maximum absolute atomic E-state index is 4.55. The highest BCUT2D eigenvalue weighted by Crippen LogP contribution is 2.27. The van der Waals surface area contributed by atoms with Gasteiger partial charge in [0.2, 0.25) is 5.95 Å². The third kappa shape index (κ3) is 3.94. The highest BCUT2D eigenvalue weighted by Gasteiger charge is 2.09. The zero-order valence-electron chi connectivity index (χ0n) is 15.0. The van der Waals surface area contributed by atoms with E-state index in [1.165, 1.54) is 5.56 Å². The minimum atomic E-state index is 0.422. The van der Waals surface area contributed by atoms with Gasteiger partial charge in [-0.05, 0) is 42.5 Å². The molecule has 128 valence electrons. The Morgan fingerprint density at radius 2 is 1.60 bits per heavy atom. The molecular weight excluding hydrogens is 310 g/mol. The number of hydrogen-bond donors (Lipinski definition) is 2. The minimum Gasteiger partial charge on any atom is -0.339 e. The normalized spacial score (nSPS) is 10.8. The zero-order valence-corrected chi connectivity index (χ0v) is 15.0. The van der Waals surface area contributed by atoms with Gasteiger partial charge in [-0.3, -0.25) is 0 Å². The molecule has 0 saturated carbocycles. The van der Waals surface area contributed by atoms with Gasteiger partial charge >= 0.3 is 0 Å². The van der Waals surface area contributed by atoms with Gasteiger partial charge in [-0.2, -0.15) is 10.1 Å². The van der Waals surface area contributed by atoms with Crippen LogP contribution in [0.2, 0.25) is 0 Å². The second-order valence-corrected chi connectivity index (χ2v) is 6.42. The van der Waals surface area contributed by atoms with Gasteiger partial charge in [0.15, 0.2) is 5.82 Å². The summed E-state index contributed by atoms with van der Waals surface area (Å²) in [7, 11) is 0. The van der Waals surface area contributed by atoms with Crippen LogP contribution in [0.3, 0.4) is 0 Å². The lowest BCUT2D eigenvalue weighted by Crippen LogP contribution is -2.05. The van der Waals surface area contributed by atoms with E-state index in [1.54, 1.807) is 6.20 Å². The molecule has 3 aromatic rings. The molecule has 5 heteroatoms. The summed E-state index contributed by atoms with van der Waals surface area (Å²) < 4.78 is 0. The molecule has 0 bridgehead atoms. The van der Waals surface area contributed by atoms with Gasteiger partial charge in [-0.25, -0.2) is 0 Å². The van der Waals surface area contributed by atoms with E-state index < -0.39 is 0 Å². The average Bonchev–Trinajstić information content (AvgIpc) is 2.59. The van der Waals surface area contributed by atoms with Crippen LogP contribution >= 0.6 is 0 Å². The Labute approximate surface area is 148 Å². The molecule has 0 amide bonds. The fraction of sp³-hybridized carbons (Fsp3) is 0.250. The first kappa shape index (κ1) is 16.9. The standard InChI is InChI=1S/C20H23N5/c1-13(2)16-10-5-6-11-17(16)22-18-12-21-25-20(23-18)24-19-14(3)8-7-9-15(19)4/h5-13H,1-4H3,(H2,22,23,24,25). The molecule has 0 spiro atoms. The molecule has 1 heterocycles. The van der Waals surface area contributed by atoms with E-state index in [-0.39, 0.29) is 0 Å². The van der Waals surface area contributed by atoms with E-state index in [0.717, 1.165) is 22.5 Å². The molecule has 0 radical (unpaired) electrons. The number of hydrogen-bond acceptors (Lipinski definition) is 5. The highest BCUT2D eigenvalue weighted by atomic mass is 15.3. The van der Waals surface area contributed by atoms with Gasteiger partial charge < -0.3 is 10.6 Å². The first-order chi connectivity index (χ1) is 12.0. The maximum Gasteiger partial charge on any atom is 0.249 e. The maximum atomic E-state index is 4.55. The molecule has 1 aromatic heterocycles. The zero-order chi connectivity index (χ0) is 17.8. The van der Waals surface area contributed by atoms with Gasteiger partial charge in [0, 0.05) is 11.4 Å². The first-order valence-electron chi connectivity index (χ1n) is 8.43. The quantitative estimate of drug-likeness (QED) is 0.680. The topological polar surface area (TPSA) is 62.7 Å². The van der Waals surface area contributed by atoms with Crippen molar-refractivity contribution >= 4 is 23.1 Å². The predicted octanol–water partition coefficient (Wildman–Crippen LogP) is 5.10. The smallest absolute Gasteiger partial charge is 0.249 e. The van der Waals surface area contributed by atoms with Crippen LogP contribution in [0, 0.1) is 13.8 Å². The van der Waals surface area contributed by atoms with Crippen molar-refractivity contribution in [3.8, 4) is 0 Å². The van der Waals surface area contributed by atoms with Crippen LogP contribution in [0.15, 0.2) is 48.7 Å². The molecule has 0 fully saturated rings. The Kier molecular flexibility index (Phi) is 4.93. The van der Waals surface area contributed by atoms with Crippen molar-refractivity contribution in [2.75, 3.05) is 10.6 Å². The third-order valence-electron chi connectivity index (χ3n) is 4.12. The molecule has 2 N–H and O–H groups in total. The van der Waals surface area contributed by atoms with Crippen LogP contribution in [0.4, 0.5) is 23.1 Å². The second kappa shape index (κ2) is 7.30. The minimum absolute atomic E-state index is 0.422. The largest absolute Gasteiger partial charge is 0.339 e. The SMILES string of the molecule is Cc1cccc(C)c1Nc1nncc(Nc2ccccc2C(C)C)n1. The second-order valence-electron chi connectivity index (χ2n) is 6.42. The van der Waals surface area contributed by atoms with Gasteiger partial charge in [-0.1, -0.05) is 50.2 Å². The Bertz CT molecular complexity index is 853. The van der Waals surface area contributed by atoms with Gasteiger partial charge in [0.25, 0.3) is 0 Å². The van der Waals surface area contributed by atoms with Crippen molar-refractivity contribution in [3.05, 3.63) is 65.4 Å². The molecule has 0 unspecified atom stereocenters. The lowest BCUT2D eigenvalue weighted by molar-refractivity contribution is 0.868. The van der Waals surface area contributed by atoms with E-state index in [1.807, 2.05) is 18.2 Å². The number of aromatic nitrogens is 3. The Morgan fingerprint density at radius 3 is 2.32 bits per heavy atom. The average molecular weight is 333 g/mol. The van der Waals surface area contributed by atoms with Crippen molar-refractivity contribution in [2.45, 2.75) is 33.6 Å². The van der Waals surface area contributed by atoms with Gasteiger partial charge in [0.1, 0.15) is 0 Å². The number of nitrogens with one attached hydrogen (secondary N) is 2. The number of para-hydroxylation sites is 2. The molecule has 2 aromatic carbocycles. The Balaban J connectivity index is 1.85. The number of rotatable bonds is 5. The molecule has 0 atom stereocenters. The van der Waals surface area contributed by atoms with E-state index in [2.05, 4.69) is 77.8 Å². The summed E-state index contributed by atoms with van der Waals surface area (Å²) in [5.74, 6) is 1.56. The lowest BCUT2D eigenvalue weighted by atomic mass is 10.0. The van der Waals surface area contributed by atoms with Crippen LogP contribution in [-0.4, -0.2) is 15.2 Å². The summed E-state index contributed by atoms with van der Waals surface area (Å²) in [6, 6.07) is 14.4. The summed E-state index contributed by atoms with van der Waals surface area (Å²) >= 11 is 0. The van der Waals surface area contributed by atoms with Crippen LogP contribution in [0.5, 0.6) is 0 Å². The summed E-state index contributed by atoms with van der Waals surface area (Å²) in [4.78, 5) is 4.55. The summed E-state index contributed by atoms with van der Waals surface area (Å²) in [5, 5.41) is 14.8. The first-order valence-corrected chi connectivity index (χ1v) is 8.43. The van der Waals surface area contributed by atoms with E-state index in [9.17, 15) is 0 Å². The fourth-order valence-electron chi connectivity index (χ4n) is 2.79. The van der Waals surface area contributed by atoms with E-state index >= 15 is 0 Å². The molecule has 0 saturated heterocycles. The molecule has 0 aliphatic carbocycles. The summed E-state index contributed by atoms with van der Waals surface area (Å²) in [6.07, 6.45) is 1.63. The predicted molar refractivity (Wildman–Crippen MR) is 103 cm³/mol. The fourth-order valence-corrected chi connectivity index (χ4v) is 2.79. The van der Waals surface area contributed by atoms with E-state index in [4.69, 9.17) is 0 Å².